The van der Waals surface area contributed by atoms with E-state index < -0.39 is 0 Å². The van der Waals surface area contributed by atoms with Crippen LogP contribution in [0.5, 0.6) is 5.75 Å². The highest BCUT2D eigenvalue weighted by molar-refractivity contribution is 5.95. The summed E-state index contributed by atoms with van der Waals surface area (Å²) in [6.45, 7) is 0. The molecule has 0 spiro atoms. The van der Waals surface area contributed by atoms with Crippen LogP contribution in [0.2, 0.25) is 0 Å². The van der Waals surface area contributed by atoms with Crippen LogP contribution in [0, 0.1) is 0 Å². The number of benzene rings is 3. The van der Waals surface area contributed by atoms with E-state index in [1.54, 1.807) is 12.3 Å². The molecule has 0 aliphatic heterocycles. The molecule has 0 saturated heterocycles. The van der Waals surface area contributed by atoms with E-state index in [9.17, 15) is 5.11 Å². The van der Waals surface area contributed by atoms with E-state index in [4.69, 9.17) is 0 Å². The summed E-state index contributed by atoms with van der Waals surface area (Å²) < 4.78 is 0. The number of nitrogens with zero attached hydrogens (tertiary/aromatic N) is 2. The zero-order chi connectivity index (χ0) is 15.6. The molecule has 4 aromatic rings. The third kappa shape index (κ3) is 2.53. The first-order valence-electron chi connectivity index (χ1n) is 7.42. The van der Waals surface area contributed by atoms with Crippen molar-refractivity contribution in [3.8, 4) is 5.75 Å². The van der Waals surface area contributed by atoms with Crippen molar-refractivity contribution in [3.63, 3.8) is 0 Å². The molecule has 3 aromatic carbocycles. The number of hydrogen-bond donors (Lipinski definition) is 1. The Labute approximate surface area is 133 Å². The standard InChI is InChI=1S/C20H14N2O/c23-19-10-4-7-15-11-12-16(22-20(15)19)13-21-18-9-3-6-14-5-1-2-8-17(14)18/h1-13,23H. The molecule has 3 nitrogen and oxygen atoms in total. The average Bonchev–Trinajstić information content (AvgIpc) is 2.60. The fourth-order valence-corrected chi connectivity index (χ4v) is 2.67. The molecule has 0 radical (unpaired) electrons. The number of aromatic hydroxyl groups is 1. The van der Waals surface area contributed by atoms with Crippen molar-refractivity contribution in [2.75, 3.05) is 0 Å². The predicted molar refractivity (Wildman–Crippen MR) is 94.6 cm³/mol. The second-order valence-electron chi connectivity index (χ2n) is 5.34. The van der Waals surface area contributed by atoms with Crippen LogP contribution in [0.3, 0.4) is 0 Å². The third-order valence-electron chi connectivity index (χ3n) is 3.82. The van der Waals surface area contributed by atoms with Gasteiger partial charge in [-0.2, -0.15) is 0 Å². The highest BCUT2D eigenvalue weighted by Gasteiger charge is 2.02. The minimum atomic E-state index is 0.183. The Morgan fingerprint density at radius 3 is 2.52 bits per heavy atom. The third-order valence-corrected chi connectivity index (χ3v) is 3.82. The molecule has 110 valence electrons. The molecule has 23 heavy (non-hydrogen) atoms. The van der Waals surface area contributed by atoms with Crippen LogP contribution in [0.15, 0.2) is 77.8 Å². The fraction of sp³-hybridized carbons (Fsp3) is 0. The largest absolute Gasteiger partial charge is 0.506 e. The molecule has 0 fully saturated rings. The number of phenolic OH excluding ortho intramolecular Hbond substituents is 1. The lowest BCUT2D eigenvalue weighted by atomic mass is 10.1. The maximum Gasteiger partial charge on any atom is 0.141 e. The molecular formula is C20H14N2O. The molecule has 0 aliphatic rings. The Kier molecular flexibility index (Phi) is 3.24. The quantitative estimate of drug-likeness (QED) is 0.538. The summed E-state index contributed by atoms with van der Waals surface area (Å²) in [4.78, 5) is 9.04. The van der Waals surface area contributed by atoms with E-state index in [1.807, 2.05) is 48.5 Å². The molecule has 0 aliphatic carbocycles. The maximum absolute atomic E-state index is 9.92. The lowest BCUT2D eigenvalue weighted by Gasteiger charge is -2.02. The van der Waals surface area contributed by atoms with Crippen LogP contribution in [-0.4, -0.2) is 16.3 Å². The summed E-state index contributed by atoms with van der Waals surface area (Å²) >= 11 is 0. The van der Waals surface area contributed by atoms with Gasteiger partial charge in [-0.3, -0.25) is 4.99 Å². The Morgan fingerprint density at radius 2 is 1.57 bits per heavy atom. The Balaban J connectivity index is 1.77. The lowest BCUT2D eigenvalue weighted by molar-refractivity contribution is 0.480. The van der Waals surface area contributed by atoms with Gasteiger partial charge in [-0.15, -0.1) is 0 Å². The molecular weight excluding hydrogens is 284 g/mol. The van der Waals surface area contributed by atoms with Crippen molar-refractivity contribution in [1.82, 2.24) is 4.98 Å². The van der Waals surface area contributed by atoms with Crippen LogP contribution in [-0.2, 0) is 0 Å². The Bertz CT molecular complexity index is 1030. The van der Waals surface area contributed by atoms with Gasteiger partial charge in [0, 0.05) is 10.8 Å². The number of pyridine rings is 1. The van der Waals surface area contributed by atoms with Crippen molar-refractivity contribution in [1.29, 1.82) is 0 Å². The summed E-state index contributed by atoms with van der Waals surface area (Å²) in [5.41, 5.74) is 2.21. The van der Waals surface area contributed by atoms with Crippen molar-refractivity contribution < 1.29 is 5.11 Å². The monoisotopic (exact) mass is 298 g/mol. The number of aliphatic imine (C=N–C) groups is 1. The predicted octanol–water partition coefficient (Wildman–Crippen LogP) is 4.84. The van der Waals surface area contributed by atoms with E-state index in [0.717, 1.165) is 21.8 Å². The number of para-hydroxylation sites is 1. The Hall–Kier alpha value is -3.20. The zero-order valence-electron chi connectivity index (χ0n) is 12.3. The minimum absolute atomic E-state index is 0.183. The summed E-state index contributed by atoms with van der Waals surface area (Å²) in [5.74, 6) is 0.183. The van der Waals surface area contributed by atoms with E-state index in [2.05, 4.69) is 28.2 Å². The van der Waals surface area contributed by atoms with E-state index >= 15 is 0 Å². The molecule has 0 bridgehead atoms. The van der Waals surface area contributed by atoms with Gasteiger partial charge in [0.2, 0.25) is 0 Å². The molecule has 1 N–H and O–H groups in total. The average molecular weight is 298 g/mol. The fourth-order valence-electron chi connectivity index (χ4n) is 2.67. The van der Waals surface area contributed by atoms with Crippen LogP contribution >= 0.6 is 0 Å². The van der Waals surface area contributed by atoms with Gasteiger partial charge in [-0.25, -0.2) is 4.98 Å². The van der Waals surface area contributed by atoms with E-state index in [-0.39, 0.29) is 5.75 Å². The Morgan fingerprint density at radius 1 is 0.783 bits per heavy atom. The van der Waals surface area contributed by atoms with Crippen molar-refractivity contribution in [2.45, 2.75) is 0 Å². The van der Waals surface area contributed by atoms with E-state index in [1.165, 1.54) is 0 Å². The second kappa shape index (κ2) is 5.54. The lowest BCUT2D eigenvalue weighted by Crippen LogP contribution is -1.88. The van der Waals surface area contributed by atoms with Crippen molar-refractivity contribution in [2.24, 2.45) is 4.99 Å². The summed E-state index contributed by atoms with van der Waals surface area (Å²) in [5, 5.41) is 13.1. The molecule has 1 aromatic heterocycles. The van der Waals surface area contributed by atoms with Crippen molar-refractivity contribution in [3.05, 3.63) is 78.5 Å². The first kappa shape index (κ1) is 13.5. The summed E-state index contributed by atoms with van der Waals surface area (Å²) in [6.07, 6.45) is 1.73. The van der Waals surface area contributed by atoms with Gasteiger partial charge < -0.3 is 5.11 Å². The molecule has 0 amide bonds. The topological polar surface area (TPSA) is 45.5 Å². The van der Waals surface area contributed by atoms with Gasteiger partial charge in [0.15, 0.2) is 0 Å². The van der Waals surface area contributed by atoms with Gasteiger partial charge in [0.1, 0.15) is 11.3 Å². The van der Waals surface area contributed by atoms with Gasteiger partial charge >= 0.3 is 0 Å². The van der Waals surface area contributed by atoms with Gasteiger partial charge in [-0.05, 0) is 23.6 Å². The summed E-state index contributed by atoms with van der Waals surface area (Å²) in [6, 6.07) is 23.4. The first-order chi connectivity index (χ1) is 11.3. The summed E-state index contributed by atoms with van der Waals surface area (Å²) in [7, 11) is 0. The van der Waals surface area contributed by atoms with Gasteiger partial charge in [0.05, 0.1) is 17.6 Å². The van der Waals surface area contributed by atoms with Crippen LogP contribution in [0.1, 0.15) is 5.69 Å². The van der Waals surface area contributed by atoms with Crippen LogP contribution in [0.4, 0.5) is 5.69 Å². The SMILES string of the molecule is Oc1cccc2ccc(C=Nc3cccc4ccccc34)nc12. The highest BCUT2D eigenvalue weighted by atomic mass is 16.3. The van der Waals surface area contributed by atoms with Crippen LogP contribution < -0.4 is 0 Å². The molecule has 0 atom stereocenters. The smallest absolute Gasteiger partial charge is 0.141 e. The first-order valence-corrected chi connectivity index (χ1v) is 7.42. The van der Waals surface area contributed by atoms with Gasteiger partial charge in [0.25, 0.3) is 0 Å². The zero-order valence-corrected chi connectivity index (χ0v) is 12.3. The number of rotatable bonds is 2. The molecule has 0 saturated carbocycles. The molecule has 1 heterocycles. The maximum atomic E-state index is 9.92. The number of aromatic nitrogens is 1. The number of fused-ring (bicyclic) bond motifs is 2. The second-order valence-corrected chi connectivity index (χ2v) is 5.34. The number of hydrogen-bond acceptors (Lipinski definition) is 3. The molecule has 3 heteroatoms. The highest BCUT2D eigenvalue weighted by Crippen LogP contribution is 2.26. The van der Waals surface area contributed by atoms with Crippen molar-refractivity contribution >= 4 is 33.6 Å². The minimum Gasteiger partial charge on any atom is -0.506 e. The molecule has 4 rings (SSSR count). The van der Waals surface area contributed by atoms with Gasteiger partial charge in [-0.1, -0.05) is 54.6 Å². The van der Waals surface area contributed by atoms with E-state index in [0.29, 0.717) is 11.2 Å². The number of phenols is 1. The normalized spacial score (nSPS) is 11.5. The van der Waals surface area contributed by atoms with Crippen LogP contribution in [0.25, 0.3) is 21.7 Å². The molecule has 0 unspecified atom stereocenters.